The van der Waals surface area contributed by atoms with Crippen molar-refractivity contribution in [1.82, 2.24) is 4.72 Å². The van der Waals surface area contributed by atoms with Crippen molar-refractivity contribution in [2.75, 3.05) is 19.4 Å². The summed E-state index contributed by atoms with van der Waals surface area (Å²) in [5.41, 5.74) is 0. The van der Waals surface area contributed by atoms with E-state index in [0.717, 1.165) is 11.8 Å². The highest BCUT2D eigenvalue weighted by molar-refractivity contribution is 7.89. The third-order valence-corrected chi connectivity index (χ3v) is 5.90. The van der Waals surface area contributed by atoms with E-state index in [0.29, 0.717) is 18.9 Å². The zero-order valence-corrected chi connectivity index (χ0v) is 12.2. The number of esters is 1. The molecule has 0 heterocycles. The van der Waals surface area contributed by atoms with Crippen molar-refractivity contribution in [1.29, 1.82) is 0 Å². The van der Waals surface area contributed by atoms with Crippen LogP contribution in [0.4, 0.5) is 0 Å². The fourth-order valence-corrected chi connectivity index (χ4v) is 4.58. The first-order chi connectivity index (χ1) is 9.00. The van der Waals surface area contributed by atoms with Crippen LogP contribution in [0.5, 0.6) is 0 Å². The number of hydrogen-bond acceptors (Lipinski definition) is 4. The Hall–Kier alpha value is -0.620. The number of nitrogens with one attached hydrogen (secondary N) is 1. The smallest absolute Gasteiger partial charge is 0.305 e. The van der Waals surface area contributed by atoms with E-state index in [2.05, 4.69) is 9.46 Å². The molecule has 0 aromatic heterocycles. The molecule has 1 N–H and O–H groups in total. The molecule has 3 unspecified atom stereocenters. The highest BCUT2D eigenvalue weighted by Crippen LogP contribution is 2.47. The van der Waals surface area contributed by atoms with Crippen molar-refractivity contribution in [3.05, 3.63) is 0 Å². The second-order valence-electron chi connectivity index (χ2n) is 5.78. The zero-order valence-electron chi connectivity index (χ0n) is 11.4. The topological polar surface area (TPSA) is 72.5 Å². The van der Waals surface area contributed by atoms with Crippen LogP contribution in [0.1, 0.15) is 38.5 Å². The number of fused-ring (bicyclic) bond motifs is 2. The van der Waals surface area contributed by atoms with E-state index in [1.54, 1.807) is 0 Å². The molecule has 3 atom stereocenters. The van der Waals surface area contributed by atoms with Gasteiger partial charge in [-0.25, -0.2) is 13.1 Å². The maximum Gasteiger partial charge on any atom is 0.305 e. The minimum atomic E-state index is -3.25. The Kier molecular flexibility index (Phi) is 4.84. The Balaban J connectivity index is 1.68. The molecule has 2 fully saturated rings. The van der Waals surface area contributed by atoms with Gasteiger partial charge in [0.2, 0.25) is 10.0 Å². The molecule has 2 aliphatic carbocycles. The number of carbonyl (C=O) groups is 1. The standard InChI is InChI=1S/C13H23NO4S/c1-18-13(15)3-2-6-19(16,17)14-9-12-8-10-4-5-11(12)7-10/h10-12,14H,2-9H2,1H3. The third kappa shape index (κ3) is 4.18. The van der Waals surface area contributed by atoms with Crippen LogP contribution >= 0.6 is 0 Å². The van der Waals surface area contributed by atoms with Gasteiger partial charge in [-0.3, -0.25) is 4.79 Å². The molecule has 0 aliphatic heterocycles. The maximum absolute atomic E-state index is 11.8. The quantitative estimate of drug-likeness (QED) is 0.717. The largest absolute Gasteiger partial charge is 0.469 e. The van der Waals surface area contributed by atoms with E-state index in [9.17, 15) is 13.2 Å². The molecule has 5 nitrogen and oxygen atoms in total. The molecule has 2 saturated carbocycles. The van der Waals surface area contributed by atoms with Crippen LogP contribution < -0.4 is 4.72 Å². The van der Waals surface area contributed by atoms with Gasteiger partial charge in [-0.2, -0.15) is 0 Å². The van der Waals surface area contributed by atoms with Gasteiger partial charge < -0.3 is 4.74 Å². The van der Waals surface area contributed by atoms with Gasteiger partial charge in [0.15, 0.2) is 0 Å². The first-order valence-electron chi connectivity index (χ1n) is 7.04. The summed E-state index contributed by atoms with van der Waals surface area (Å²) in [7, 11) is -1.94. The number of methoxy groups -OCH3 is 1. The minimum Gasteiger partial charge on any atom is -0.469 e. The normalized spacial score (nSPS) is 29.6. The lowest BCUT2D eigenvalue weighted by molar-refractivity contribution is -0.140. The second kappa shape index (κ2) is 6.22. The van der Waals surface area contributed by atoms with Crippen molar-refractivity contribution in [3.8, 4) is 0 Å². The lowest BCUT2D eigenvalue weighted by Gasteiger charge is -2.21. The van der Waals surface area contributed by atoms with Crippen molar-refractivity contribution < 1.29 is 17.9 Å². The number of hydrogen-bond donors (Lipinski definition) is 1. The van der Waals surface area contributed by atoms with Gasteiger partial charge in [0.1, 0.15) is 0 Å². The summed E-state index contributed by atoms with van der Waals surface area (Å²) in [6, 6.07) is 0. The highest BCUT2D eigenvalue weighted by Gasteiger charge is 2.39. The van der Waals surface area contributed by atoms with Crippen LogP contribution in [-0.4, -0.2) is 33.8 Å². The first-order valence-corrected chi connectivity index (χ1v) is 8.69. The summed E-state index contributed by atoms with van der Waals surface area (Å²) >= 11 is 0. The fourth-order valence-electron chi connectivity index (χ4n) is 3.44. The zero-order chi connectivity index (χ0) is 13.9. The predicted octanol–water partition coefficient (Wildman–Crippen LogP) is 1.30. The summed E-state index contributed by atoms with van der Waals surface area (Å²) in [5.74, 6) is 1.72. The van der Waals surface area contributed by atoms with Gasteiger partial charge in [0, 0.05) is 13.0 Å². The van der Waals surface area contributed by atoms with E-state index in [1.165, 1.54) is 32.8 Å². The Morgan fingerprint density at radius 1 is 1.32 bits per heavy atom. The van der Waals surface area contributed by atoms with E-state index in [1.807, 2.05) is 0 Å². The summed E-state index contributed by atoms with van der Waals surface area (Å²) in [6.45, 7) is 0.571. The van der Waals surface area contributed by atoms with Gasteiger partial charge >= 0.3 is 5.97 Å². The van der Waals surface area contributed by atoms with E-state index in [-0.39, 0.29) is 18.1 Å². The van der Waals surface area contributed by atoms with Crippen LogP contribution in [0.15, 0.2) is 0 Å². The molecule has 0 spiro atoms. The van der Waals surface area contributed by atoms with E-state index >= 15 is 0 Å². The van der Waals surface area contributed by atoms with E-state index < -0.39 is 10.0 Å². The average Bonchev–Trinajstić information content (AvgIpc) is 2.98. The van der Waals surface area contributed by atoms with Gasteiger partial charge in [-0.05, 0) is 43.4 Å². The fraction of sp³-hybridized carbons (Fsp3) is 0.923. The molecule has 0 radical (unpaired) electrons. The molecule has 19 heavy (non-hydrogen) atoms. The summed E-state index contributed by atoms with van der Waals surface area (Å²) in [4.78, 5) is 10.9. The lowest BCUT2D eigenvalue weighted by Crippen LogP contribution is -2.33. The van der Waals surface area contributed by atoms with Crippen LogP contribution in [-0.2, 0) is 19.6 Å². The Labute approximate surface area is 115 Å². The monoisotopic (exact) mass is 289 g/mol. The molecule has 2 bridgehead atoms. The maximum atomic E-state index is 11.8. The van der Waals surface area contributed by atoms with Crippen molar-refractivity contribution in [3.63, 3.8) is 0 Å². The van der Waals surface area contributed by atoms with Crippen molar-refractivity contribution in [2.24, 2.45) is 17.8 Å². The molecule has 0 saturated heterocycles. The summed E-state index contributed by atoms with van der Waals surface area (Å²) in [5, 5.41) is 0. The Bertz CT molecular complexity index is 420. The molecular formula is C13H23NO4S. The predicted molar refractivity (Wildman–Crippen MR) is 72.0 cm³/mol. The van der Waals surface area contributed by atoms with Crippen LogP contribution in [0.25, 0.3) is 0 Å². The molecule has 0 aromatic rings. The number of ether oxygens (including phenoxy) is 1. The first kappa shape index (κ1) is 14.8. The van der Waals surface area contributed by atoms with E-state index in [4.69, 9.17) is 0 Å². The summed E-state index contributed by atoms with van der Waals surface area (Å²) < 4.78 is 30.8. The Morgan fingerprint density at radius 3 is 2.68 bits per heavy atom. The van der Waals surface area contributed by atoms with Gasteiger partial charge in [-0.15, -0.1) is 0 Å². The van der Waals surface area contributed by atoms with Crippen LogP contribution in [0.2, 0.25) is 0 Å². The highest BCUT2D eigenvalue weighted by atomic mass is 32.2. The summed E-state index contributed by atoms with van der Waals surface area (Å²) in [6.07, 6.45) is 5.53. The molecule has 110 valence electrons. The average molecular weight is 289 g/mol. The van der Waals surface area contributed by atoms with Gasteiger partial charge in [0.25, 0.3) is 0 Å². The molecule has 0 aromatic carbocycles. The minimum absolute atomic E-state index is 0.00289. The van der Waals surface area contributed by atoms with Gasteiger partial charge in [0.05, 0.1) is 12.9 Å². The SMILES string of the molecule is COC(=O)CCCS(=O)(=O)NCC1CC2CCC1C2. The van der Waals surface area contributed by atoms with Gasteiger partial charge in [-0.1, -0.05) is 6.42 Å². The molecule has 2 aliphatic rings. The van der Waals surface area contributed by atoms with Crippen LogP contribution in [0, 0.1) is 17.8 Å². The third-order valence-electron chi connectivity index (χ3n) is 4.47. The number of carbonyl (C=O) groups excluding carboxylic acids is 1. The molecule has 6 heteroatoms. The number of sulfonamides is 1. The lowest BCUT2D eigenvalue weighted by atomic mass is 9.89. The molecular weight excluding hydrogens is 266 g/mol. The number of rotatable bonds is 7. The second-order valence-corrected chi connectivity index (χ2v) is 7.71. The van der Waals surface area contributed by atoms with Crippen LogP contribution in [0.3, 0.4) is 0 Å². The van der Waals surface area contributed by atoms with Crippen molar-refractivity contribution in [2.45, 2.75) is 38.5 Å². The van der Waals surface area contributed by atoms with Crippen molar-refractivity contribution >= 4 is 16.0 Å². The molecule has 2 rings (SSSR count). The Morgan fingerprint density at radius 2 is 2.11 bits per heavy atom. The molecule has 0 amide bonds.